The maximum absolute atomic E-state index is 10.9. The van der Waals surface area contributed by atoms with Gasteiger partial charge in [0.25, 0.3) is 0 Å². The molecule has 0 aromatic rings. The first-order chi connectivity index (χ1) is 8.45. The molecule has 1 N–H and O–H groups in total. The quantitative estimate of drug-likeness (QED) is 0.358. The van der Waals surface area contributed by atoms with Gasteiger partial charge in [-0.1, -0.05) is 6.58 Å². The number of esters is 1. The second kappa shape index (κ2) is 9.61. The zero-order valence-corrected chi connectivity index (χ0v) is 10.8. The highest BCUT2D eigenvalue weighted by molar-refractivity contribution is 5.81. The third kappa shape index (κ3) is 9.80. The molecule has 0 aliphatic heterocycles. The fourth-order valence-electron chi connectivity index (χ4n) is 1.04. The van der Waals surface area contributed by atoms with Gasteiger partial charge in [0.2, 0.25) is 0 Å². The lowest BCUT2D eigenvalue weighted by Gasteiger charge is -2.17. The molecule has 6 nitrogen and oxygen atoms in total. The van der Waals surface area contributed by atoms with E-state index in [2.05, 4.69) is 6.58 Å². The summed E-state index contributed by atoms with van der Waals surface area (Å²) in [6.07, 6.45) is 0.510. The van der Waals surface area contributed by atoms with Crippen molar-refractivity contribution in [2.24, 2.45) is 0 Å². The molecule has 0 aliphatic carbocycles. The van der Waals surface area contributed by atoms with Crippen molar-refractivity contribution in [2.75, 3.05) is 19.8 Å². The van der Waals surface area contributed by atoms with E-state index in [1.807, 2.05) is 0 Å². The van der Waals surface area contributed by atoms with Gasteiger partial charge in [-0.05, 0) is 13.8 Å². The number of carboxylic acid groups (broad SMARTS) is 1. The highest BCUT2D eigenvalue weighted by Crippen LogP contribution is 1.99. The molecule has 0 rings (SSSR count). The van der Waals surface area contributed by atoms with E-state index in [0.29, 0.717) is 6.61 Å². The Hall–Kier alpha value is -1.40. The number of carbonyl (C=O) groups excluding carboxylic acids is 1. The van der Waals surface area contributed by atoms with E-state index < -0.39 is 11.9 Å². The highest BCUT2D eigenvalue weighted by Gasteiger charge is 2.10. The average molecular weight is 260 g/mol. The molecule has 0 spiro atoms. The van der Waals surface area contributed by atoms with E-state index in [4.69, 9.17) is 19.3 Å². The van der Waals surface area contributed by atoms with Gasteiger partial charge in [-0.25, -0.2) is 4.79 Å². The number of ether oxygens (including phenoxy) is 3. The lowest BCUT2D eigenvalue weighted by molar-refractivity contribution is -0.146. The Morgan fingerprint density at radius 1 is 1.28 bits per heavy atom. The molecular weight excluding hydrogens is 240 g/mol. The minimum atomic E-state index is -0.895. The number of rotatable bonds is 10. The number of carboxylic acids is 1. The fourth-order valence-corrected chi connectivity index (χ4v) is 1.04. The average Bonchev–Trinajstić information content (AvgIpc) is 2.31. The van der Waals surface area contributed by atoms with Gasteiger partial charge in [-0.15, -0.1) is 0 Å². The molecule has 0 amide bonds. The Kier molecular flexibility index (Phi) is 8.86. The van der Waals surface area contributed by atoms with Crippen molar-refractivity contribution in [1.82, 2.24) is 0 Å². The summed E-state index contributed by atoms with van der Waals surface area (Å²) in [6, 6.07) is 0. The smallest absolute Gasteiger partial charge is 0.330 e. The number of aliphatic carboxylic acids is 1. The van der Waals surface area contributed by atoms with E-state index in [1.165, 1.54) is 0 Å². The number of hydrogen-bond acceptors (Lipinski definition) is 5. The first kappa shape index (κ1) is 16.6. The molecule has 0 radical (unpaired) electrons. The van der Waals surface area contributed by atoms with Crippen LogP contribution in [0.1, 0.15) is 20.3 Å². The molecule has 2 atom stereocenters. The Morgan fingerprint density at radius 3 is 2.50 bits per heavy atom. The SMILES string of the molecule is C=CC(=O)OC(C)COC(C)COCCC(=O)O. The standard InChI is InChI=1S/C12H20O6/c1-4-12(15)18-10(3)8-17-9(2)7-16-6-5-11(13)14/h4,9-10H,1,5-8H2,2-3H3,(H,13,14). The van der Waals surface area contributed by atoms with Crippen molar-refractivity contribution in [3.63, 3.8) is 0 Å². The lowest BCUT2D eigenvalue weighted by Crippen LogP contribution is -2.25. The summed E-state index contributed by atoms with van der Waals surface area (Å²) in [6.45, 7) is 7.50. The minimum absolute atomic E-state index is 0.0277. The van der Waals surface area contributed by atoms with Crippen LogP contribution in [0.3, 0.4) is 0 Å². The minimum Gasteiger partial charge on any atom is -0.481 e. The summed E-state index contributed by atoms with van der Waals surface area (Å²) in [5, 5.41) is 8.39. The van der Waals surface area contributed by atoms with Gasteiger partial charge in [0.1, 0.15) is 6.10 Å². The van der Waals surface area contributed by atoms with Crippen LogP contribution < -0.4 is 0 Å². The van der Waals surface area contributed by atoms with E-state index >= 15 is 0 Å². The largest absolute Gasteiger partial charge is 0.481 e. The topological polar surface area (TPSA) is 82.1 Å². The van der Waals surface area contributed by atoms with Gasteiger partial charge in [0, 0.05) is 6.08 Å². The second-order valence-electron chi connectivity index (χ2n) is 3.81. The van der Waals surface area contributed by atoms with Crippen molar-refractivity contribution < 1.29 is 28.9 Å². The molecule has 0 saturated carbocycles. The third-order valence-electron chi connectivity index (χ3n) is 1.91. The summed E-state index contributed by atoms with van der Waals surface area (Å²) >= 11 is 0. The Bertz CT molecular complexity index is 276. The van der Waals surface area contributed by atoms with Crippen LogP contribution in [0.2, 0.25) is 0 Å². The molecule has 104 valence electrons. The molecule has 0 aromatic heterocycles. The van der Waals surface area contributed by atoms with E-state index in [9.17, 15) is 9.59 Å². The molecule has 0 saturated heterocycles. The zero-order chi connectivity index (χ0) is 14.0. The Morgan fingerprint density at radius 2 is 1.94 bits per heavy atom. The molecule has 18 heavy (non-hydrogen) atoms. The Balaban J connectivity index is 3.57. The summed E-state index contributed by atoms with van der Waals surface area (Å²) in [7, 11) is 0. The van der Waals surface area contributed by atoms with Crippen molar-refractivity contribution in [3.05, 3.63) is 12.7 Å². The zero-order valence-electron chi connectivity index (χ0n) is 10.8. The molecule has 0 heterocycles. The van der Waals surface area contributed by atoms with Crippen LogP contribution >= 0.6 is 0 Å². The van der Waals surface area contributed by atoms with Crippen LogP contribution in [-0.2, 0) is 23.8 Å². The Labute approximate surface area is 107 Å². The first-order valence-corrected chi connectivity index (χ1v) is 5.70. The third-order valence-corrected chi connectivity index (χ3v) is 1.91. The molecule has 2 unspecified atom stereocenters. The van der Waals surface area contributed by atoms with E-state index in [1.54, 1.807) is 13.8 Å². The van der Waals surface area contributed by atoms with Crippen LogP contribution in [0.5, 0.6) is 0 Å². The molecule has 0 fully saturated rings. The summed E-state index contributed by atoms with van der Waals surface area (Å²) < 4.78 is 15.4. The van der Waals surface area contributed by atoms with E-state index in [-0.39, 0.29) is 31.8 Å². The fraction of sp³-hybridized carbons (Fsp3) is 0.667. The van der Waals surface area contributed by atoms with Crippen LogP contribution in [0.4, 0.5) is 0 Å². The van der Waals surface area contributed by atoms with Gasteiger partial charge < -0.3 is 19.3 Å². The first-order valence-electron chi connectivity index (χ1n) is 5.70. The van der Waals surface area contributed by atoms with Crippen molar-refractivity contribution in [1.29, 1.82) is 0 Å². The van der Waals surface area contributed by atoms with E-state index in [0.717, 1.165) is 6.08 Å². The molecule has 0 bridgehead atoms. The summed E-state index contributed by atoms with van der Waals surface area (Å²) in [4.78, 5) is 21.1. The van der Waals surface area contributed by atoms with Gasteiger partial charge in [0.05, 0.1) is 32.3 Å². The van der Waals surface area contributed by atoms with Gasteiger partial charge in [-0.2, -0.15) is 0 Å². The molecule has 0 aliphatic rings. The maximum atomic E-state index is 10.9. The number of carbonyl (C=O) groups is 2. The predicted octanol–water partition coefficient (Wildman–Crippen LogP) is 1.00. The van der Waals surface area contributed by atoms with Crippen molar-refractivity contribution in [3.8, 4) is 0 Å². The molecule has 6 heteroatoms. The van der Waals surface area contributed by atoms with Crippen LogP contribution in [0.15, 0.2) is 12.7 Å². The summed E-state index contributed by atoms with van der Waals surface area (Å²) in [5.74, 6) is -1.38. The van der Waals surface area contributed by atoms with Gasteiger partial charge in [0.15, 0.2) is 0 Å². The van der Waals surface area contributed by atoms with Crippen molar-refractivity contribution >= 4 is 11.9 Å². The highest BCUT2D eigenvalue weighted by atomic mass is 16.6. The van der Waals surface area contributed by atoms with Crippen LogP contribution in [0.25, 0.3) is 0 Å². The summed E-state index contributed by atoms with van der Waals surface area (Å²) in [5.41, 5.74) is 0. The van der Waals surface area contributed by atoms with Crippen LogP contribution in [-0.4, -0.2) is 49.1 Å². The predicted molar refractivity (Wildman–Crippen MR) is 64.2 cm³/mol. The van der Waals surface area contributed by atoms with Crippen molar-refractivity contribution in [2.45, 2.75) is 32.5 Å². The monoisotopic (exact) mass is 260 g/mol. The van der Waals surface area contributed by atoms with Gasteiger partial charge in [-0.3, -0.25) is 4.79 Å². The normalized spacial score (nSPS) is 13.7. The number of hydrogen-bond donors (Lipinski definition) is 1. The second-order valence-corrected chi connectivity index (χ2v) is 3.81. The molecular formula is C12H20O6. The lowest BCUT2D eigenvalue weighted by atomic mass is 10.4. The maximum Gasteiger partial charge on any atom is 0.330 e. The van der Waals surface area contributed by atoms with Gasteiger partial charge >= 0.3 is 11.9 Å². The molecule has 0 aromatic carbocycles. The van der Waals surface area contributed by atoms with Crippen LogP contribution in [0, 0.1) is 0 Å².